The summed E-state index contributed by atoms with van der Waals surface area (Å²) < 4.78 is 39.3. The largest absolute Gasteiger partial charge is 0.394 e. The SMILES string of the molecule is Nc1c(F)cc(C(=O)Nc2ccc(F)cc2Cl)cc1F. The van der Waals surface area contributed by atoms with Crippen LogP contribution in [0.15, 0.2) is 30.3 Å². The summed E-state index contributed by atoms with van der Waals surface area (Å²) in [6.45, 7) is 0. The first-order valence-corrected chi connectivity index (χ1v) is 5.77. The molecule has 104 valence electrons. The van der Waals surface area contributed by atoms with E-state index < -0.39 is 29.0 Å². The third kappa shape index (κ3) is 2.85. The number of nitrogens with one attached hydrogen (secondary N) is 1. The first kappa shape index (κ1) is 14.2. The third-order valence-electron chi connectivity index (χ3n) is 2.52. The zero-order valence-corrected chi connectivity index (χ0v) is 10.6. The molecule has 3 N–H and O–H groups in total. The van der Waals surface area contributed by atoms with Crippen molar-refractivity contribution in [2.75, 3.05) is 11.1 Å². The molecule has 0 fully saturated rings. The molecule has 0 aliphatic heterocycles. The highest BCUT2D eigenvalue weighted by Crippen LogP contribution is 2.24. The van der Waals surface area contributed by atoms with Gasteiger partial charge in [0.1, 0.15) is 23.1 Å². The van der Waals surface area contributed by atoms with Crippen LogP contribution in [0.5, 0.6) is 0 Å². The summed E-state index contributed by atoms with van der Waals surface area (Å²) in [6, 6.07) is 4.92. The molecule has 0 aromatic heterocycles. The summed E-state index contributed by atoms with van der Waals surface area (Å²) in [5.41, 5.74) is 4.29. The Labute approximate surface area is 117 Å². The Balaban J connectivity index is 2.28. The number of hydrogen-bond acceptors (Lipinski definition) is 2. The van der Waals surface area contributed by atoms with E-state index >= 15 is 0 Å². The van der Waals surface area contributed by atoms with Crippen LogP contribution in [0.1, 0.15) is 10.4 Å². The van der Waals surface area contributed by atoms with Gasteiger partial charge in [-0.05, 0) is 30.3 Å². The van der Waals surface area contributed by atoms with Crippen LogP contribution in [0.3, 0.4) is 0 Å². The lowest BCUT2D eigenvalue weighted by molar-refractivity contribution is 0.102. The van der Waals surface area contributed by atoms with E-state index in [0.717, 1.165) is 24.3 Å². The number of anilines is 2. The molecule has 0 atom stereocenters. The lowest BCUT2D eigenvalue weighted by Gasteiger charge is -2.08. The van der Waals surface area contributed by atoms with Gasteiger partial charge < -0.3 is 11.1 Å². The second kappa shape index (κ2) is 5.42. The van der Waals surface area contributed by atoms with E-state index in [2.05, 4.69) is 5.32 Å². The van der Waals surface area contributed by atoms with E-state index in [4.69, 9.17) is 17.3 Å². The molecule has 0 aliphatic rings. The Bertz CT molecular complexity index is 668. The van der Waals surface area contributed by atoms with Crippen LogP contribution in [0, 0.1) is 17.5 Å². The summed E-state index contributed by atoms with van der Waals surface area (Å²) in [4.78, 5) is 11.8. The Morgan fingerprint density at radius 1 is 1.10 bits per heavy atom. The summed E-state index contributed by atoms with van der Waals surface area (Å²) in [7, 11) is 0. The smallest absolute Gasteiger partial charge is 0.255 e. The minimum absolute atomic E-state index is 0.0326. The van der Waals surface area contributed by atoms with E-state index in [1.807, 2.05) is 0 Å². The molecular formula is C13H8ClF3N2O. The number of carbonyl (C=O) groups is 1. The Kier molecular flexibility index (Phi) is 3.85. The molecule has 0 radical (unpaired) electrons. The molecule has 3 nitrogen and oxygen atoms in total. The van der Waals surface area contributed by atoms with Crippen molar-refractivity contribution in [3.63, 3.8) is 0 Å². The predicted molar refractivity (Wildman–Crippen MR) is 70.1 cm³/mol. The van der Waals surface area contributed by atoms with E-state index in [1.54, 1.807) is 0 Å². The van der Waals surface area contributed by atoms with Crippen molar-refractivity contribution in [2.24, 2.45) is 0 Å². The zero-order valence-electron chi connectivity index (χ0n) is 9.88. The topological polar surface area (TPSA) is 55.1 Å². The fourth-order valence-corrected chi connectivity index (χ4v) is 1.72. The maximum atomic E-state index is 13.3. The third-order valence-corrected chi connectivity index (χ3v) is 2.83. The molecule has 0 saturated carbocycles. The Morgan fingerprint density at radius 2 is 1.70 bits per heavy atom. The first-order chi connectivity index (χ1) is 9.38. The van der Waals surface area contributed by atoms with Crippen molar-refractivity contribution < 1.29 is 18.0 Å². The normalized spacial score (nSPS) is 10.4. The molecular weight excluding hydrogens is 293 g/mol. The maximum absolute atomic E-state index is 13.3. The monoisotopic (exact) mass is 300 g/mol. The minimum Gasteiger partial charge on any atom is -0.394 e. The van der Waals surface area contributed by atoms with Crippen molar-refractivity contribution >= 4 is 28.9 Å². The number of nitrogen functional groups attached to an aromatic ring is 1. The molecule has 20 heavy (non-hydrogen) atoms. The van der Waals surface area contributed by atoms with Crippen LogP contribution in [0.25, 0.3) is 0 Å². The molecule has 0 unspecified atom stereocenters. The van der Waals surface area contributed by atoms with Crippen molar-refractivity contribution in [1.29, 1.82) is 0 Å². The molecule has 0 saturated heterocycles. The van der Waals surface area contributed by atoms with Gasteiger partial charge in [0.05, 0.1) is 10.7 Å². The standard InChI is InChI=1S/C13H8ClF3N2O/c14-8-5-7(15)1-2-11(8)19-13(20)6-3-9(16)12(18)10(17)4-6/h1-5H,18H2,(H,19,20). The van der Waals surface area contributed by atoms with Crippen LogP contribution in [-0.2, 0) is 0 Å². The number of carbonyl (C=O) groups excluding carboxylic acids is 1. The molecule has 2 aromatic carbocycles. The van der Waals surface area contributed by atoms with Gasteiger partial charge in [-0.2, -0.15) is 0 Å². The van der Waals surface area contributed by atoms with Crippen molar-refractivity contribution in [3.8, 4) is 0 Å². The Morgan fingerprint density at radius 3 is 2.25 bits per heavy atom. The number of rotatable bonds is 2. The number of benzene rings is 2. The average molecular weight is 301 g/mol. The van der Waals surface area contributed by atoms with Gasteiger partial charge in [0.15, 0.2) is 0 Å². The summed E-state index contributed by atoms with van der Waals surface area (Å²) in [6.07, 6.45) is 0. The van der Waals surface area contributed by atoms with Gasteiger partial charge in [-0.25, -0.2) is 13.2 Å². The van der Waals surface area contributed by atoms with Gasteiger partial charge in [0.2, 0.25) is 0 Å². The second-order valence-electron chi connectivity index (χ2n) is 3.93. The van der Waals surface area contributed by atoms with Gasteiger partial charge in [-0.1, -0.05) is 11.6 Å². The van der Waals surface area contributed by atoms with Gasteiger partial charge in [0.25, 0.3) is 5.91 Å². The van der Waals surface area contributed by atoms with E-state index in [9.17, 15) is 18.0 Å². The predicted octanol–water partition coefficient (Wildman–Crippen LogP) is 3.59. The lowest BCUT2D eigenvalue weighted by Crippen LogP contribution is -2.13. The number of halogens is 4. The number of amides is 1. The average Bonchev–Trinajstić information content (AvgIpc) is 2.38. The summed E-state index contributed by atoms with van der Waals surface area (Å²) >= 11 is 5.73. The van der Waals surface area contributed by atoms with Crippen LogP contribution >= 0.6 is 11.6 Å². The van der Waals surface area contributed by atoms with Crippen LogP contribution < -0.4 is 11.1 Å². The quantitative estimate of drug-likeness (QED) is 0.833. The molecule has 0 aliphatic carbocycles. The first-order valence-electron chi connectivity index (χ1n) is 5.39. The van der Waals surface area contributed by atoms with Gasteiger partial charge in [-0.3, -0.25) is 4.79 Å². The summed E-state index contributed by atoms with van der Waals surface area (Å²) in [5.74, 6) is -3.45. The number of hydrogen-bond donors (Lipinski definition) is 2. The number of nitrogens with two attached hydrogens (primary N) is 1. The highest BCUT2D eigenvalue weighted by Gasteiger charge is 2.14. The van der Waals surface area contributed by atoms with Crippen molar-refractivity contribution in [3.05, 3.63) is 58.4 Å². The van der Waals surface area contributed by atoms with Crippen molar-refractivity contribution in [2.45, 2.75) is 0 Å². The molecule has 1 amide bonds. The molecule has 2 aromatic rings. The van der Waals surface area contributed by atoms with Gasteiger partial charge in [0, 0.05) is 5.56 Å². The highest BCUT2D eigenvalue weighted by atomic mass is 35.5. The van der Waals surface area contributed by atoms with Gasteiger partial charge in [-0.15, -0.1) is 0 Å². The van der Waals surface area contributed by atoms with Crippen molar-refractivity contribution in [1.82, 2.24) is 0 Å². The maximum Gasteiger partial charge on any atom is 0.255 e. The van der Waals surface area contributed by atoms with Crippen LogP contribution in [0.2, 0.25) is 5.02 Å². The summed E-state index contributed by atoms with van der Waals surface area (Å²) in [5, 5.41) is 2.28. The van der Waals surface area contributed by atoms with Crippen LogP contribution in [-0.4, -0.2) is 5.91 Å². The molecule has 0 bridgehead atoms. The zero-order chi connectivity index (χ0) is 14.9. The second-order valence-corrected chi connectivity index (χ2v) is 4.34. The minimum atomic E-state index is -1.04. The molecule has 0 heterocycles. The molecule has 0 spiro atoms. The fourth-order valence-electron chi connectivity index (χ4n) is 1.50. The van der Waals surface area contributed by atoms with Gasteiger partial charge >= 0.3 is 0 Å². The van der Waals surface area contributed by atoms with E-state index in [0.29, 0.717) is 0 Å². The molecule has 7 heteroatoms. The van der Waals surface area contributed by atoms with Crippen LogP contribution in [0.4, 0.5) is 24.5 Å². The van der Waals surface area contributed by atoms with E-state index in [-0.39, 0.29) is 16.3 Å². The Hall–Kier alpha value is -2.21. The highest BCUT2D eigenvalue weighted by molar-refractivity contribution is 6.33. The van der Waals surface area contributed by atoms with E-state index in [1.165, 1.54) is 6.07 Å². The fraction of sp³-hybridized carbons (Fsp3) is 0. The molecule has 2 rings (SSSR count). The lowest BCUT2D eigenvalue weighted by atomic mass is 10.1.